The summed E-state index contributed by atoms with van der Waals surface area (Å²) in [5.74, 6) is -1.10. The molecule has 1 aliphatic carbocycles. The fraction of sp³-hybridized carbons (Fsp3) is 0.308. The highest BCUT2D eigenvalue weighted by molar-refractivity contribution is 7.18. The van der Waals surface area contributed by atoms with E-state index in [2.05, 4.69) is 16.0 Å². The predicted molar refractivity (Wildman–Crippen MR) is 69.7 cm³/mol. The van der Waals surface area contributed by atoms with Crippen molar-refractivity contribution in [1.82, 2.24) is 9.97 Å². The topological polar surface area (TPSA) is 63.1 Å². The second kappa shape index (κ2) is 4.49. The Kier molecular flexibility index (Phi) is 2.83. The minimum Gasteiger partial charge on any atom is -0.481 e. The molecule has 18 heavy (non-hydrogen) atoms. The molecule has 1 aliphatic rings. The Morgan fingerprint density at radius 1 is 1.39 bits per heavy atom. The van der Waals surface area contributed by atoms with Crippen LogP contribution < -0.4 is 0 Å². The third-order valence-electron chi connectivity index (χ3n) is 3.27. The first-order valence-corrected chi connectivity index (χ1v) is 6.65. The van der Waals surface area contributed by atoms with Crippen molar-refractivity contribution < 1.29 is 9.90 Å². The Morgan fingerprint density at radius 3 is 3.00 bits per heavy atom. The number of carboxylic acid groups (broad SMARTS) is 1. The zero-order chi connectivity index (χ0) is 12.5. The molecule has 2 atom stereocenters. The van der Waals surface area contributed by atoms with Gasteiger partial charge < -0.3 is 5.11 Å². The van der Waals surface area contributed by atoms with Gasteiger partial charge in [0.05, 0.1) is 27.3 Å². The van der Waals surface area contributed by atoms with E-state index >= 15 is 0 Å². The van der Waals surface area contributed by atoms with Gasteiger partial charge in [-0.15, -0.1) is 11.3 Å². The third-order valence-corrected chi connectivity index (χ3v) is 4.44. The van der Waals surface area contributed by atoms with Gasteiger partial charge >= 0.3 is 5.97 Å². The van der Waals surface area contributed by atoms with Gasteiger partial charge in [-0.25, -0.2) is 4.98 Å². The van der Waals surface area contributed by atoms with Gasteiger partial charge in [-0.3, -0.25) is 9.78 Å². The number of rotatable bonds is 2. The van der Waals surface area contributed by atoms with Gasteiger partial charge in [-0.1, -0.05) is 12.2 Å². The van der Waals surface area contributed by atoms with Crippen molar-refractivity contribution in [2.24, 2.45) is 5.92 Å². The van der Waals surface area contributed by atoms with Crippen LogP contribution in [0.3, 0.4) is 0 Å². The van der Waals surface area contributed by atoms with Crippen LogP contribution in [-0.4, -0.2) is 21.0 Å². The lowest BCUT2D eigenvalue weighted by Gasteiger charge is -2.22. The van der Waals surface area contributed by atoms with Crippen molar-refractivity contribution in [3.05, 3.63) is 35.6 Å². The smallest absolute Gasteiger partial charge is 0.307 e. The maximum atomic E-state index is 11.3. The number of hydrogen-bond acceptors (Lipinski definition) is 4. The summed E-state index contributed by atoms with van der Waals surface area (Å²) >= 11 is 1.58. The molecule has 2 aromatic rings. The first-order valence-electron chi connectivity index (χ1n) is 5.84. The van der Waals surface area contributed by atoms with Gasteiger partial charge in [0.25, 0.3) is 0 Å². The Hall–Kier alpha value is -1.75. The first-order chi connectivity index (χ1) is 8.75. The molecule has 0 bridgehead atoms. The highest BCUT2D eigenvalue weighted by Gasteiger charge is 2.31. The van der Waals surface area contributed by atoms with E-state index in [9.17, 15) is 9.90 Å². The molecular formula is C13H12N2O2S. The number of aliphatic carboxylic acids is 1. The molecule has 2 unspecified atom stereocenters. The van der Waals surface area contributed by atoms with Crippen molar-refractivity contribution >= 4 is 27.5 Å². The molecule has 0 radical (unpaired) electrons. The molecule has 0 spiro atoms. The summed E-state index contributed by atoms with van der Waals surface area (Å²) in [5, 5.41) is 10.2. The lowest BCUT2D eigenvalue weighted by molar-refractivity contribution is -0.142. The summed E-state index contributed by atoms with van der Waals surface area (Å²) in [6.45, 7) is 0. The number of hydrogen-bond donors (Lipinski definition) is 1. The molecule has 2 heterocycles. The summed E-state index contributed by atoms with van der Waals surface area (Å²) in [6, 6.07) is 1.92. The van der Waals surface area contributed by atoms with Gasteiger partial charge in [0, 0.05) is 12.1 Å². The Morgan fingerprint density at radius 2 is 2.22 bits per heavy atom. The van der Waals surface area contributed by atoms with Crippen LogP contribution in [0.4, 0.5) is 0 Å². The molecule has 5 heteroatoms. The van der Waals surface area contributed by atoms with Crippen LogP contribution in [0.25, 0.3) is 10.2 Å². The number of thiazole rings is 1. The molecule has 0 fully saturated rings. The summed E-state index contributed by atoms with van der Waals surface area (Å²) in [4.78, 5) is 19.9. The minimum atomic E-state index is -0.735. The van der Waals surface area contributed by atoms with Crippen LogP contribution in [0, 0.1) is 5.92 Å². The summed E-state index contributed by atoms with van der Waals surface area (Å²) < 4.78 is 1.07. The Labute approximate surface area is 108 Å². The zero-order valence-electron chi connectivity index (χ0n) is 9.61. The van der Waals surface area contributed by atoms with Crippen LogP contribution in [-0.2, 0) is 4.79 Å². The number of carbonyl (C=O) groups is 1. The number of allylic oxidation sites excluding steroid dienone is 2. The molecule has 1 N–H and O–H groups in total. The average molecular weight is 260 g/mol. The molecule has 0 saturated heterocycles. The molecule has 4 nitrogen and oxygen atoms in total. The van der Waals surface area contributed by atoms with Gasteiger partial charge in [-0.2, -0.15) is 0 Å². The van der Waals surface area contributed by atoms with E-state index in [1.165, 1.54) is 0 Å². The van der Waals surface area contributed by atoms with Gasteiger partial charge in [0.15, 0.2) is 0 Å². The molecule has 0 aliphatic heterocycles. The fourth-order valence-electron chi connectivity index (χ4n) is 2.32. The van der Waals surface area contributed by atoms with E-state index in [1.54, 1.807) is 23.7 Å². The van der Waals surface area contributed by atoms with E-state index in [-0.39, 0.29) is 11.8 Å². The second-order valence-electron chi connectivity index (χ2n) is 4.39. The quantitative estimate of drug-likeness (QED) is 0.843. The Balaban J connectivity index is 2.02. The molecule has 2 aromatic heterocycles. The number of pyridine rings is 1. The molecule has 0 amide bonds. The SMILES string of the molecule is O=C(O)C1CC=CCC1c1nc2cnccc2s1. The predicted octanol–water partition coefficient (Wildman–Crippen LogP) is 2.83. The number of nitrogens with zero attached hydrogens (tertiary/aromatic N) is 2. The molecular weight excluding hydrogens is 248 g/mol. The minimum absolute atomic E-state index is 0.00935. The number of fused-ring (bicyclic) bond motifs is 1. The first kappa shape index (κ1) is 11.3. The van der Waals surface area contributed by atoms with Crippen LogP contribution in [0.5, 0.6) is 0 Å². The maximum absolute atomic E-state index is 11.3. The number of carboxylic acids is 1. The van der Waals surface area contributed by atoms with Crippen molar-refractivity contribution in [3.63, 3.8) is 0 Å². The van der Waals surface area contributed by atoms with Crippen LogP contribution in [0.2, 0.25) is 0 Å². The van der Waals surface area contributed by atoms with Crippen molar-refractivity contribution in [2.45, 2.75) is 18.8 Å². The molecule has 3 rings (SSSR count). The monoisotopic (exact) mass is 260 g/mol. The average Bonchev–Trinajstić information content (AvgIpc) is 2.82. The van der Waals surface area contributed by atoms with Crippen molar-refractivity contribution in [3.8, 4) is 0 Å². The highest BCUT2D eigenvalue weighted by atomic mass is 32.1. The van der Waals surface area contributed by atoms with E-state index in [4.69, 9.17) is 0 Å². The van der Waals surface area contributed by atoms with Crippen LogP contribution in [0.15, 0.2) is 30.6 Å². The maximum Gasteiger partial charge on any atom is 0.307 e. The standard InChI is InChI=1S/C13H12N2O2S/c16-13(17)9-4-2-1-3-8(9)12-15-10-7-14-6-5-11(10)18-12/h1-2,5-9H,3-4H2,(H,16,17). The van der Waals surface area contributed by atoms with Crippen LogP contribution >= 0.6 is 11.3 Å². The van der Waals surface area contributed by atoms with E-state index in [0.29, 0.717) is 6.42 Å². The summed E-state index contributed by atoms with van der Waals surface area (Å²) in [5.41, 5.74) is 0.858. The van der Waals surface area contributed by atoms with Gasteiger partial charge in [0.2, 0.25) is 0 Å². The largest absolute Gasteiger partial charge is 0.481 e. The van der Waals surface area contributed by atoms with E-state index in [1.807, 2.05) is 12.1 Å². The van der Waals surface area contributed by atoms with Crippen molar-refractivity contribution in [2.75, 3.05) is 0 Å². The fourth-order valence-corrected chi connectivity index (χ4v) is 3.43. The van der Waals surface area contributed by atoms with Gasteiger partial charge in [-0.05, 0) is 18.9 Å². The molecule has 92 valence electrons. The Bertz CT molecular complexity index is 587. The normalized spacial score (nSPS) is 23.3. The third kappa shape index (κ3) is 1.90. The van der Waals surface area contributed by atoms with Crippen LogP contribution in [0.1, 0.15) is 23.8 Å². The van der Waals surface area contributed by atoms with E-state index in [0.717, 1.165) is 21.6 Å². The van der Waals surface area contributed by atoms with Crippen molar-refractivity contribution in [1.29, 1.82) is 0 Å². The summed E-state index contributed by atoms with van der Waals surface area (Å²) in [7, 11) is 0. The lowest BCUT2D eigenvalue weighted by atomic mass is 9.83. The highest BCUT2D eigenvalue weighted by Crippen LogP contribution is 2.38. The lowest BCUT2D eigenvalue weighted by Crippen LogP contribution is -2.23. The summed E-state index contributed by atoms with van der Waals surface area (Å²) in [6.07, 6.45) is 8.81. The van der Waals surface area contributed by atoms with Gasteiger partial charge in [0.1, 0.15) is 0 Å². The second-order valence-corrected chi connectivity index (χ2v) is 5.45. The molecule has 0 aromatic carbocycles. The van der Waals surface area contributed by atoms with E-state index < -0.39 is 5.97 Å². The number of aromatic nitrogens is 2. The zero-order valence-corrected chi connectivity index (χ0v) is 10.4. The molecule has 0 saturated carbocycles.